The van der Waals surface area contributed by atoms with Crippen LogP contribution in [-0.2, 0) is 0 Å². The van der Waals surface area contributed by atoms with Crippen molar-refractivity contribution >= 4 is 33.8 Å². The molecule has 0 atom stereocenters. The van der Waals surface area contributed by atoms with Gasteiger partial charge in [-0.05, 0) is 38.1 Å². The predicted octanol–water partition coefficient (Wildman–Crippen LogP) is 4.71. The van der Waals surface area contributed by atoms with Gasteiger partial charge in [-0.15, -0.1) is 10.2 Å². The van der Waals surface area contributed by atoms with Gasteiger partial charge in [0.15, 0.2) is 11.6 Å². The lowest BCUT2D eigenvalue weighted by molar-refractivity contribution is 0.473. The summed E-state index contributed by atoms with van der Waals surface area (Å²) < 4.78 is 0. The number of para-hydroxylation sites is 2. The molecule has 0 unspecified atom stereocenters. The van der Waals surface area contributed by atoms with Crippen molar-refractivity contribution in [3.8, 4) is 11.5 Å². The zero-order valence-corrected chi connectivity index (χ0v) is 17.6. The standard InChI is InChI=1S/C24H22N6O2/c1-15(17-9-5-7-13-21(17)31)25-27-23-19-11-3-4-12-20(19)24(30-29-23)28-26-16(2)18-10-6-8-14-22(18)32/h3-14,31-32H,1-2H3,(H,27,29)(H,28,30)/b25-15+,26-16+. The molecule has 4 N–H and O–H groups in total. The summed E-state index contributed by atoms with van der Waals surface area (Å²) in [4.78, 5) is 0. The Kier molecular flexibility index (Phi) is 5.94. The molecule has 0 spiro atoms. The highest BCUT2D eigenvalue weighted by atomic mass is 16.3. The molecular formula is C24H22N6O2. The maximum atomic E-state index is 10.0. The second kappa shape index (κ2) is 9.13. The Balaban J connectivity index is 1.62. The first-order valence-corrected chi connectivity index (χ1v) is 9.97. The number of aromatic nitrogens is 2. The van der Waals surface area contributed by atoms with E-state index in [9.17, 15) is 10.2 Å². The van der Waals surface area contributed by atoms with Crippen LogP contribution in [0.25, 0.3) is 10.8 Å². The number of rotatable bonds is 6. The number of nitrogens with one attached hydrogen (secondary N) is 2. The van der Waals surface area contributed by atoms with Crippen molar-refractivity contribution < 1.29 is 10.2 Å². The van der Waals surface area contributed by atoms with Crippen molar-refractivity contribution in [2.75, 3.05) is 10.9 Å². The molecule has 0 amide bonds. The molecule has 8 heteroatoms. The Morgan fingerprint density at radius 1 is 0.625 bits per heavy atom. The van der Waals surface area contributed by atoms with E-state index in [1.54, 1.807) is 50.2 Å². The van der Waals surface area contributed by atoms with E-state index in [0.717, 1.165) is 10.8 Å². The van der Waals surface area contributed by atoms with E-state index in [4.69, 9.17) is 0 Å². The fraction of sp³-hybridized carbons (Fsp3) is 0.0833. The van der Waals surface area contributed by atoms with Gasteiger partial charge in [0.1, 0.15) is 11.5 Å². The lowest BCUT2D eigenvalue weighted by Gasteiger charge is -2.10. The van der Waals surface area contributed by atoms with Gasteiger partial charge in [0.25, 0.3) is 0 Å². The van der Waals surface area contributed by atoms with Gasteiger partial charge in [-0.1, -0.05) is 48.5 Å². The molecule has 0 radical (unpaired) electrons. The van der Waals surface area contributed by atoms with Gasteiger partial charge in [0.05, 0.1) is 11.4 Å². The zero-order chi connectivity index (χ0) is 22.5. The summed E-state index contributed by atoms with van der Waals surface area (Å²) in [7, 11) is 0. The van der Waals surface area contributed by atoms with Gasteiger partial charge in [-0.3, -0.25) is 10.9 Å². The predicted molar refractivity (Wildman–Crippen MR) is 127 cm³/mol. The number of anilines is 2. The second-order valence-corrected chi connectivity index (χ2v) is 7.10. The number of hydrogen-bond acceptors (Lipinski definition) is 8. The van der Waals surface area contributed by atoms with E-state index in [1.807, 2.05) is 36.4 Å². The highest BCUT2D eigenvalue weighted by Crippen LogP contribution is 2.26. The minimum atomic E-state index is 0.156. The molecule has 3 aromatic carbocycles. The molecule has 32 heavy (non-hydrogen) atoms. The number of benzene rings is 3. The second-order valence-electron chi connectivity index (χ2n) is 7.10. The van der Waals surface area contributed by atoms with E-state index < -0.39 is 0 Å². The fourth-order valence-electron chi connectivity index (χ4n) is 3.22. The van der Waals surface area contributed by atoms with E-state index in [0.29, 0.717) is 34.2 Å². The SMILES string of the molecule is C/C(=N\Nc1nnc(N/N=C(\C)c2ccccc2O)c2ccccc12)c1ccccc1O. The number of hydrogen-bond donors (Lipinski definition) is 4. The van der Waals surface area contributed by atoms with Crippen molar-refractivity contribution in [1.29, 1.82) is 0 Å². The van der Waals surface area contributed by atoms with Gasteiger partial charge in [-0.2, -0.15) is 10.2 Å². The lowest BCUT2D eigenvalue weighted by atomic mass is 10.1. The molecule has 0 bridgehead atoms. The number of aromatic hydroxyl groups is 2. The van der Waals surface area contributed by atoms with Crippen LogP contribution >= 0.6 is 0 Å². The van der Waals surface area contributed by atoms with Crippen molar-refractivity contribution in [1.82, 2.24) is 10.2 Å². The molecule has 0 saturated heterocycles. The molecule has 4 aromatic rings. The average Bonchev–Trinajstić information content (AvgIpc) is 2.82. The summed E-state index contributed by atoms with van der Waals surface area (Å²) in [5.74, 6) is 1.26. The number of phenols is 2. The molecule has 1 heterocycles. The smallest absolute Gasteiger partial charge is 0.176 e. The van der Waals surface area contributed by atoms with E-state index in [2.05, 4.69) is 31.3 Å². The van der Waals surface area contributed by atoms with E-state index in [1.165, 1.54) is 0 Å². The Labute approximate surface area is 185 Å². The number of hydrazone groups is 2. The minimum absolute atomic E-state index is 0.156. The fourth-order valence-corrected chi connectivity index (χ4v) is 3.22. The Morgan fingerprint density at radius 2 is 1.00 bits per heavy atom. The molecule has 0 aliphatic rings. The maximum Gasteiger partial charge on any atom is 0.176 e. The van der Waals surface area contributed by atoms with Crippen LogP contribution in [-0.4, -0.2) is 31.8 Å². The van der Waals surface area contributed by atoms with Crippen LogP contribution in [0.4, 0.5) is 11.6 Å². The normalized spacial score (nSPS) is 12.1. The molecule has 0 aliphatic heterocycles. The van der Waals surface area contributed by atoms with E-state index >= 15 is 0 Å². The largest absolute Gasteiger partial charge is 0.507 e. The van der Waals surface area contributed by atoms with Gasteiger partial charge in [0.2, 0.25) is 0 Å². The van der Waals surface area contributed by atoms with Gasteiger partial charge in [0, 0.05) is 21.9 Å². The first-order chi connectivity index (χ1) is 15.5. The van der Waals surface area contributed by atoms with Crippen LogP contribution in [0, 0.1) is 0 Å². The number of phenolic OH excluding ortho intramolecular Hbond substituents is 2. The van der Waals surface area contributed by atoms with Crippen molar-refractivity contribution in [3.05, 3.63) is 83.9 Å². The third kappa shape index (κ3) is 4.34. The number of nitrogens with zero attached hydrogens (tertiary/aromatic N) is 4. The molecule has 0 fully saturated rings. The van der Waals surface area contributed by atoms with Crippen molar-refractivity contribution in [2.24, 2.45) is 10.2 Å². The first kappa shape index (κ1) is 20.8. The molecule has 8 nitrogen and oxygen atoms in total. The van der Waals surface area contributed by atoms with Gasteiger partial charge < -0.3 is 10.2 Å². The lowest BCUT2D eigenvalue weighted by Crippen LogP contribution is -2.05. The summed E-state index contributed by atoms with van der Waals surface area (Å²) in [6.07, 6.45) is 0. The molecule has 160 valence electrons. The topological polar surface area (TPSA) is 115 Å². The Morgan fingerprint density at radius 3 is 1.41 bits per heavy atom. The van der Waals surface area contributed by atoms with Gasteiger partial charge >= 0.3 is 0 Å². The third-order valence-corrected chi connectivity index (χ3v) is 4.93. The summed E-state index contributed by atoms with van der Waals surface area (Å²) in [6, 6.07) is 21.6. The van der Waals surface area contributed by atoms with Crippen molar-refractivity contribution in [3.63, 3.8) is 0 Å². The first-order valence-electron chi connectivity index (χ1n) is 9.97. The van der Waals surface area contributed by atoms with Gasteiger partial charge in [-0.25, -0.2) is 0 Å². The van der Waals surface area contributed by atoms with Crippen LogP contribution in [0.1, 0.15) is 25.0 Å². The molecule has 0 saturated carbocycles. The van der Waals surface area contributed by atoms with Crippen molar-refractivity contribution in [2.45, 2.75) is 13.8 Å². The maximum absolute atomic E-state index is 10.0. The summed E-state index contributed by atoms with van der Waals surface area (Å²) in [5, 5.41) is 38.9. The van der Waals surface area contributed by atoms with E-state index in [-0.39, 0.29) is 11.5 Å². The number of fused-ring (bicyclic) bond motifs is 1. The summed E-state index contributed by atoms with van der Waals surface area (Å²) >= 11 is 0. The Hall–Kier alpha value is -4.46. The monoisotopic (exact) mass is 426 g/mol. The molecule has 4 rings (SSSR count). The summed E-state index contributed by atoms with van der Waals surface area (Å²) in [6.45, 7) is 3.59. The molecule has 0 aliphatic carbocycles. The molecular weight excluding hydrogens is 404 g/mol. The van der Waals surface area contributed by atoms with Crippen LogP contribution in [0.5, 0.6) is 11.5 Å². The van der Waals surface area contributed by atoms with Crippen LogP contribution in [0.2, 0.25) is 0 Å². The quantitative estimate of drug-likeness (QED) is 0.262. The van der Waals surface area contributed by atoms with Crippen LogP contribution < -0.4 is 10.9 Å². The highest BCUT2D eigenvalue weighted by molar-refractivity contribution is 6.03. The Bertz CT molecular complexity index is 1230. The van der Waals surface area contributed by atoms with Crippen LogP contribution in [0.3, 0.4) is 0 Å². The van der Waals surface area contributed by atoms with Crippen LogP contribution in [0.15, 0.2) is 83.0 Å². The minimum Gasteiger partial charge on any atom is -0.507 e. The highest BCUT2D eigenvalue weighted by Gasteiger charge is 2.10. The molecule has 1 aromatic heterocycles. The summed E-state index contributed by atoms with van der Waals surface area (Å²) in [5.41, 5.74) is 8.37. The average molecular weight is 426 g/mol. The zero-order valence-electron chi connectivity index (χ0n) is 17.6. The third-order valence-electron chi connectivity index (χ3n) is 4.93.